The number of fused-ring (bicyclic) bond motifs is 3. The zero-order valence-electron chi connectivity index (χ0n) is 23.4. The second-order valence-corrected chi connectivity index (χ2v) is 15.1. The Balaban J connectivity index is 1.07. The van der Waals surface area contributed by atoms with Gasteiger partial charge in [0.15, 0.2) is 0 Å². The Morgan fingerprint density at radius 2 is 1.91 bits per heavy atom. The number of aryl methyl sites for hydroxylation is 1. The number of thiophene rings is 1. The maximum absolute atomic E-state index is 14.3. The van der Waals surface area contributed by atoms with Crippen molar-refractivity contribution in [3.63, 3.8) is 0 Å². The van der Waals surface area contributed by atoms with Crippen molar-refractivity contribution in [2.45, 2.75) is 69.0 Å². The maximum Gasteiger partial charge on any atom is 0.363 e. The summed E-state index contributed by atoms with van der Waals surface area (Å²) in [6, 6.07) is 6.22. The summed E-state index contributed by atoms with van der Waals surface area (Å²) in [5.41, 5.74) is 0.667. The number of aromatic nitrogens is 1. The monoisotopic (exact) mass is 630 g/mol. The van der Waals surface area contributed by atoms with Crippen LogP contribution in [0.15, 0.2) is 34.9 Å². The molecule has 228 valence electrons. The van der Waals surface area contributed by atoms with E-state index in [0.717, 1.165) is 42.1 Å². The highest BCUT2D eigenvalue weighted by Gasteiger charge is 2.52. The van der Waals surface area contributed by atoms with Gasteiger partial charge in [0.05, 0.1) is 10.6 Å². The van der Waals surface area contributed by atoms with Gasteiger partial charge in [-0.1, -0.05) is 11.2 Å². The van der Waals surface area contributed by atoms with Crippen LogP contribution in [0.1, 0.15) is 70.6 Å². The summed E-state index contributed by atoms with van der Waals surface area (Å²) in [6.45, 7) is 2.89. The fourth-order valence-corrected chi connectivity index (χ4v) is 8.51. The third kappa shape index (κ3) is 5.30. The lowest BCUT2D eigenvalue weighted by molar-refractivity contribution is -0.149. The molecule has 3 aliphatic heterocycles. The number of halogens is 1. The van der Waals surface area contributed by atoms with Crippen molar-refractivity contribution in [2.24, 2.45) is 11.8 Å². The summed E-state index contributed by atoms with van der Waals surface area (Å²) in [6.07, 6.45) is 3.75. The molecule has 14 heteroatoms. The van der Waals surface area contributed by atoms with Crippen LogP contribution in [-0.4, -0.2) is 73.7 Å². The lowest BCUT2D eigenvalue weighted by Crippen LogP contribution is -2.59. The van der Waals surface area contributed by atoms with E-state index in [2.05, 4.69) is 10.5 Å². The maximum atomic E-state index is 14.3. The number of nitrogens with one attached hydrogen (secondary N) is 1. The first-order valence-electron chi connectivity index (χ1n) is 14.5. The molecular weight excluding hydrogens is 598 g/mol. The molecule has 3 N–H and O–H groups in total. The Hall–Kier alpha value is -3.12. The van der Waals surface area contributed by atoms with Gasteiger partial charge in [0.25, 0.3) is 5.91 Å². The molecule has 11 nitrogen and oxygen atoms in total. The normalized spacial score (nSPS) is 28.1. The van der Waals surface area contributed by atoms with Crippen molar-refractivity contribution in [3.8, 4) is 0 Å². The largest absolute Gasteiger partial charge is 0.363 e. The number of alkyl halides is 1. The number of likely N-dealkylation sites (tertiary alicyclic amines) is 1. The van der Waals surface area contributed by atoms with E-state index >= 15 is 0 Å². The summed E-state index contributed by atoms with van der Waals surface area (Å²) in [5, 5.41) is 7.49. The van der Waals surface area contributed by atoms with Gasteiger partial charge in [-0.05, 0) is 80.0 Å². The van der Waals surface area contributed by atoms with Crippen molar-refractivity contribution in [3.05, 3.63) is 52.2 Å². The highest BCUT2D eigenvalue weighted by molar-refractivity contribution is 7.51. The van der Waals surface area contributed by atoms with E-state index < -0.39 is 31.5 Å². The Kier molecular flexibility index (Phi) is 7.00. The molecule has 0 spiro atoms. The van der Waals surface area contributed by atoms with E-state index in [9.17, 15) is 33.1 Å². The lowest BCUT2D eigenvalue weighted by Gasteiger charge is -2.42. The molecule has 0 bridgehead atoms. The second kappa shape index (κ2) is 10.5. The van der Waals surface area contributed by atoms with Crippen molar-refractivity contribution in [2.75, 3.05) is 13.1 Å². The first-order valence-corrected chi connectivity index (χ1v) is 17.0. The van der Waals surface area contributed by atoms with Crippen molar-refractivity contribution >= 4 is 46.7 Å². The van der Waals surface area contributed by atoms with Gasteiger partial charge in [0.1, 0.15) is 17.8 Å². The van der Waals surface area contributed by atoms with Crippen LogP contribution in [0.3, 0.4) is 0 Å². The van der Waals surface area contributed by atoms with E-state index in [1.807, 2.05) is 13.0 Å². The van der Waals surface area contributed by atoms with Crippen LogP contribution in [0.2, 0.25) is 0 Å². The molecule has 1 aromatic carbocycles. The van der Waals surface area contributed by atoms with Crippen molar-refractivity contribution in [1.82, 2.24) is 20.3 Å². The molecular formula is C29H32FN4O7PS. The lowest BCUT2D eigenvalue weighted by atomic mass is 9.94. The Bertz CT molecular complexity index is 1660. The third-order valence-electron chi connectivity index (χ3n) is 9.42. The van der Waals surface area contributed by atoms with Gasteiger partial charge in [0.2, 0.25) is 17.7 Å². The van der Waals surface area contributed by atoms with Crippen molar-refractivity contribution in [1.29, 1.82) is 0 Å². The van der Waals surface area contributed by atoms with Crippen LogP contribution in [0.5, 0.6) is 0 Å². The minimum atomic E-state index is -4.97. The Labute approximate surface area is 250 Å². The van der Waals surface area contributed by atoms with E-state index in [4.69, 9.17) is 4.52 Å². The predicted octanol–water partition coefficient (Wildman–Crippen LogP) is 3.86. The molecule has 7 rings (SSSR count). The highest BCUT2D eigenvalue weighted by Crippen LogP contribution is 2.53. The molecule has 43 heavy (non-hydrogen) atoms. The van der Waals surface area contributed by atoms with Crippen LogP contribution in [-0.2, 0) is 14.2 Å². The smallest absolute Gasteiger partial charge is 0.361 e. The number of benzene rings is 1. The molecule has 1 saturated carbocycles. The van der Waals surface area contributed by atoms with Gasteiger partial charge in [-0.15, -0.1) is 11.3 Å². The standard InChI is InChI=1S/C29H32FN4O7PS/c1-14-6-21(32-41-14)19-12-33(13-19)29(37)23-4-3-20-9-16-8-17(16)10-22(28(36)34(20)23)31-27(35)25-11-18-7-15(2-5-24(18)43-25)26(30)42(38,39)40/h2,5-7,11,16-17,19-20,22-23,26H,3-4,8-10,12-13H2,1H3,(H,31,35)(H2,38,39,40)/t16-,17+,20-,22+,23+,26?/m1/s1. The summed E-state index contributed by atoms with van der Waals surface area (Å²) >= 11 is 1.16. The summed E-state index contributed by atoms with van der Waals surface area (Å²) in [4.78, 5) is 63.3. The molecule has 5 heterocycles. The average molecular weight is 631 g/mol. The van der Waals surface area contributed by atoms with Gasteiger partial charge < -0.3 is 29.4 Å². The molecule has 3 saturated heterocycles. The van der Waals surface area contributed by atoms with Crippen LogP contribution in [0.4, 0.5) is 4.39 Å². The molecule has 1 unspecified atom stereocenters. The number of nitrogens with zero attached hydrogens (tertiary/aromatic N) is 3. The number of amides is 3. The molecule has 4 fully saturated rings. The molecule has 1 aliphatic carbocycles. The van der Waals surface area contributed by atoms with Crippen LogP contribution in [0, 0.1) is 18.8 Å². The molecule has 6 atom stereocenters. The minimum Gasteiger partial charge on any atom is -0.361 e. The first-order chi connectivity index (χ1) is 20.5. The van der Waals surface area contributed by atoms with E-state index in [1.54, 1.807) is 15.9 Å². The minimum absolute atomic E-state index is 0.0307. The predicted molar refractivity (Wildman–Crippen MR) is 154 cm³/mol. The van der Waals surface area contributed by atoms with Crippen LogP contribution in [0.25, 0.3) is 10.1 Å². The number of carbonyl (C=O) groups excluding carboxylic acids is 3. The van der Waals surface area contributed by atoms with Gasteiger partial charge in [0, 0.05) is 35.8 Å². The summed E-state index contributed by atoms with van der Waals surface area (Å²) in [5.74, 6) is -1.52. The SMILES string of the molecule is Cc1cc(C2CN(C(=O)[C@@H]3CC[C@@H]4C[C@H]5C[C@H]5C[C@H](NC(=O)c5cc6cc(C(F)P(=O)(O)O)ccc6s5)C(=O)N43)C2)no1. The molecule has 2 aromatic heterocycles. The topological polar surface area (TPSA) is 153 Å². The number of hydrogen-bond donors (Lipinski definition) is 3. The number of hydrogen-bond acceptors (Lipinski definition) is 7. The quantitative estimate of drug-likeness (QED) is 0.347. The van der Waals surface area contributed by atoms with Gasteiger partial charge >= 0.3 is 7.60 Å². The first kappa shape index (κ1) is 28.6. The third-order valence-corrected chi connectivity index (χ3v) is 11.4. The highest BCUT2D eigenvalue weighted by atomic mass is 32.1. The van der Waals surface area contributed by atoms with E-state index in [-0.39, 0.29) is 29.3 Å². The Morgan fingerprint density at radius 1 is 1.14 bits per heavy atom. The van der Waals surface area contributed by atoms with Crippen molar-refractivity contribution < 1.29 is 37.6 Å². The molecule has 0 radical (unpaired) electrons. The van der Waals surface area contributed by atoms with Gasteiger partial charge in [-0.3, -0.25) is 18.9 Å². The van der Waals surface area contributed by atoms with Gasteiger partial charge in [-0.25, -0.2) is 4.39 Å². The fourth-order valence-electron chi connectivity index (χ4n) is 7.01. The summed E-state index contributed by atoms with van der Waals surface area (Å²) < 4.78 is 31.5. The van der Waals surface area contributed by atoms with Crippen LogP contribution >= 0.6 is 18.9 Å². The average Bonchev–Trinajstić information content (AvgIpc) is 3.27. The molecule has 3 amide bonds. The number of carbonyl (C=O) groups is 3. The zero-order valence-corrected chi connectivity index (χ0v) is 25.1. The fraction of sp³-hybridized carbons (Fsp3) is 0.517. The molecule has 3 aromatic rings. The molecule has 4 aliphatic rings. The van der Waals surface area contributed by atoms with E-state index in [0.29, 0.717) is 52.7 Å². The Morgan fingerprint density at radius 3 is 2.63 bits per heavy atom. The van der Waals surface area contributed by atoms with Gasteiger partial charge in [-0.2, -0.15) is 0 Å². The number of rotatable bonds is 6. The zero-order chi connectivity index (χ0) is 30.2. The summed E-state index contributed by atoms with van der Waals surface area (Å²) in [7, 11) is -4.97. The second-order valence-electron chi connectivity index (χ2n) is 12.4. The van der Waals surface area contributed by atoms with Crippen LogP contribution < -0.4 is 5.32 Å². The van der Waals surface area contributed by atoms with E-state index in [1.165, 1.54) is 18.2 Å².